The molecule has 8 nitrogen and oxygen atoms in total. The Morgan fingerprint density at radius 2 is 1.95 bits per heavy atom. The maximum Gasteiger partial charge on any atom is 0.163 e. The average molecular weight is 280 g/mol. The molecular formula is C12H5FN8. The predicted molar refractivity (Wildman–Crippen MR) is 66.6 cm³/mol. The fourth-order valence-corrected chi connectivity index (χ4v) is 1.50. The second-order valence-electron chi connectivity index (χ2n) is 3.63. The number of halogens is 1. The summed E-state index contributed by atoms with van der Waals surface area (Å²) in [5, 5.41) is 39.7. The second-order valence-corrected chi connectivity index (χ2v) is 3.63. The summed E-state index contributed by atoms with van der Waals surface area (Å²) in [6.07, 6.45) is 1.28. The first-order chi connectivity index (χ1) is 10.2. The number of nitrogens with zero attached hydrogens (tertiary/aromatic N) is 7. The Hall–Kier alpha value is -3.77. The van der Waals surface area contributed by atoms with Gasteiger partial charge in [0.2, 0.25) is 0 Å². The topological polar surface area (TPSA) is 127 Å². The maximum atomic E-state index is 13.4. The van der Waals surface area contributed by atoms with Crippen LogP contribution in [0.2, 0.25) is 0 Å². The lowest BCUT2D eigenvalue weighted by atomic mass is 10.2. The van der Waals surface area contributed by atoms with Crippen molar-refractivity contribution in [3.05, 3.63) is 41.6 Å². The van der Waals surface area contributed by atoms with E-state index in [-0.39, 0.29) is 11.4 Å². The molecule has 100 valence electrons. The van der Waals surface area contributed by atoms with Gasteiger partial charge in [-0.25, -0.2) is 4.39 Å². The summed E-state index contributed by atoms with van der Waals surface area (Å²) in [4.78, 5) is 0. The number of hydrogen-bond donors (Lipinski definition) is 1. The molecule has 0 aliphatic rings. The molecule has 21 heavy (non-hydrogen) atoms. The molecule has 0 saturated heterocycles. The van der Waals surface area contributed by atoms with Crippen LogP contribution in [0.3, 0.4) is 0 Å². The van der Waals surface area contributed by atoms with Crippen LogP contribution in [0.1, 0.15) is 0 Å². The maximum absolute atomic E-state index is 13.4. The largest absolute Gasteiger partial charge is 0.343 e. The number of nitriles is 3. The van der Waals surface area contributed by atoms with Crippen molar-refractivity contribution in [1.29, 1.82) is 15.8 Å². The number of anilines is 1. The van der Waals surface area contributed by atoms with Crippen LogP contribution in [0.25, 0.3) is 5.69 Å². The van der Waals surface area contributed by atoms with Gasteiger partial charge in [-0.3, -0.25) is 0 Å². The second kappa shape index (κ2) is 5.91. The third-order valence-electron chi connectivity index (χ3n) is 2.40. The molecular weight excluding hydrogens is 275 g/mol. The van der Waals surface area contributed by atoms with Gasteiger partial charge in [0, 0.05) is 0 Å². The number of tetrazole rings is 1. The summed E-state index contributed by atoms with van der Waals surface area (Å²) in [5.74, 6) is -0.568. The zero-order valence-corrected chi connectivity index (χ0v) is 10.3. The van der Waals surface area contributed by atoms with Crippen LogP contribution in [0.5, 0.6) is 0 Å². The van der Waals surface area contributed by atoms with Crippen molar-refractivity contribution < 1.29 is 4.39 Å². The lowest BCUT2D eigenvalue weighted by molar-refractivity contribution is 0.627. The van der Waals surface area contributed by atoms with Crippen molar-refractivity contribution in [2.45, 2.75) is 0 Å². The Bertz CT molecular complexity index is 800. The van der Waals surface area contributed by atoms with Crippen LogP contribution in [0, 0.1) is 39.8 Å². The van der Waals surface area contributed by atoms with Crippen molar-refractivity contribution >= 4 is 5.69 Å². The summed E-state index contributed by atoms with van der Waals surface area (Å²) in [7, 11) is 0. The van der Waals surface area contributed by atoms with Crippen LogP contribution < -0.4 is 5.32 Å². The van der Waals surface area contributed by atoms with Crippen molar-refractivity contribution in [2.75, 3.05) is 5.32 Å². The molecule has 0 unspecified atom stereocenters. The number of nitrogens with one attached hydrogen (secondary N) is 1. The Morgan fingerprint density at radius 1 is 1.19 bits per heavy atom. The molecule has 0 saturated carbocycles. The minimum absolute atomic E-state index is 0.141. The summed E-state index contributed by atoms with van der Waals surface area (Å²) < 4.78 is 14.6. The molecule has 2 rings (SSSR count). The van der Waals surface area contributed by atoms with Gasteiger partial charge in [-0.15, -0.1) is 5.10 Å². The van der Waals surface area contributed by atoms with E-state index in [0.29, 0.717) is 5.69 Å². The first-order valence-electron chi connectivity index (χ1n) is 5.44. The van der Waals surface area contributed by atoms with Gasteiger partial charge in [-0.2, -0.15) is 20.5 Å². The highest BCUT2D eigenvalue weighted by Gasteiger charge is 2.12. The Morgan fingerprint density at radius 3 is 2.52 bits per heavy atom. The molecule has 0 radical (unpaired) electrons. The molecule has 9 heteroatoms. The molecule has 0 fully saturated rings. The zero-order valence-electron chi connectivity index (χ0n) is 10.3. The van der Waals surface area contributed by atoms with E-state index in [0.717, 1.165) is 6.07 Å². The first kappa shape index (κ1) is 13.7. The van der Waals surface area contributed by atoms with Crippen LogP contribution in [0.4, 0.5) is 10.1 Å². The lowest BCUT2D eigenvalue weighted by Gasteiger charge is -2.10. The quantitative estimate of drug-likeness (QED) is 0.832. The summed E-state index contributed by atoms with van der Waals surface area (Å²) >= 11 is 0. The highest BCUT2D eigenvalue weighted by atomic mass is 19.1. The van der Waals surface area contributed by atoms with E-state index in [4.69, 9.17) is 15.8 Å². The Balaban J connectivity index is 2.53. The van der Waals surface area contributed by atoms with Gasteiger partial charge in [0.1, 0.15) is 36.0 Å². The van der Waals surface area contributed by atoms with Gasteiger partial charge >= 0.3 is 0 Å². The highest BCUT2D eigenvalue weighted by molar-refractivity contribution is 5.67. The van der Waals surface area contributed by atoms with E-state index in [1.807, 2.05) is 0 Å². The van der Waals surface area contributed by atoms with Crippen molar-refractivity contribution in [3.63, 3.8) is 0 Å². The summed E-state index contributed by atoms with van der Waals surface area (Å²) in [6.45, 7) is 0. The summed E-state index contributed by atoms with van der Waals surface area (Å²) in [5.41, 5.74) is -0.212. The highest BCUT2D eigenvalue weighted by Crippen LogP contribution is 2.22. The van der Waals surface area contributed by atoms with E-state index < -0.39 is 11.4 Å². The Labute approximate surface area is 118 Å². The number of allylic oxidation sites excluding steroid dienone is 2. The molecule has 0 spiro atoms. The van der Waals surface area contributed by atoms with Gasteiger partial charge in [0.15, 0.2) is 5.57 Å². The minimum Gasteiger partial charge on any atom is -0.343 e. The molecule has 0 bridgehead atoms. The molecule has 0 aliphatic heterocycles. The van der Waals surface area contributed by atoms with E-state index >= 15 is 0 Å². The van der Waals surface area contributed by atoms with E-state index in [9.17, 15) is 4.39 Å². The molecule has 1 aromatic carbocycles. The molecule has 0 aliphatic carbocycles. The van der Waals surface area contributed by atoms with E-state index in [2.05, 4.69) is 20.8 Å². The number of rotatable bonds is 3. The summed E-state index contributed by atoms with van der Waals surface area (Å²) in [6, 6.07) is 8.53. The number of hydrogen-bond acceptors (Lipinski definition) is 7. The van der Waals surface area contributed by atoms with Crippen molar-refractivity contribution in [1.82, 2.24) is 20.2 Å². The average Bonchev–Trinajstić information content (AvgIpc) is 3.01. The third-order valence-corrected chi connectivity index (χ3v) is 2.40. The van der Waals surface area contributed by atoms with Crippen molar-refractivity contribution in [2.24, 2.45) is 0 Å². The van der Waals surface area contributed by atoms with E-state index in [1.165, 1.54) is 23.1 Å². The third kappa shape index (κ3) is 2.80. The number of aromatic nitrogens is 4. The molecule has 1 heterocycles. The van der Waals surface area contributed by atoms with Crippen LogP contribution in [-0.4, -0.2) is 20.2 Å². The first-order valence-corrected chi connectivity index (χ1v) is 5.44. The Kier molecular flexibility index (Phi) is 3.85. The molecule has 0 amide bonds. The molecule has 1 aromatic heterocycles. The number of benzene rings is 1. The fourth-order valence-electron chi connectivity index (χ4n) is 1.50. The predicted octanol–water partition coefficient (Wildman–Crippen LogP) is 1.04. The van der Waals surface area contributed by atoms with Crippen LogP contribution in [-0.2, 0) is 0 Å². The van der Waals surface area contributed by atoms with Crippen molar-refractivity contribution in [3.8, 4) is 23.9 Å². The zero-order chi connectivity index (χ0) is 15.2. The monoisotopic (exact) mass is 280 g/mol. The standard InChI is InChI=1S/C12H5FN8/c13-9-1-2-12(21-7-17-19-20-21)10(3-9)18-11(6-16)8(4-14)5-15/h1-3,7,18H. The van der Waals surface area contributed by atoms with Crippen LogP contribution in [0.15, 0.2) is 35.8 Å². The SMILES string of the molecule is N#CC(C#N)=C(C#N)Nc1cc(F)ccc1-n1cnnn1. The molecule has 1 N–H and O–H groups in total. The van der Waals surface area contributed by atoms with E-state index in [1.54, 1.807) is 18.2 Å². The molecule has 2 aromatic rings. The molecule has 0 atom stereocenters. The van der Waals surface area contributed by atoms with Gasteiger partial charge < -0.3 is 5.32 Å². The lowest BCUT2D eigenvalue weighted by Crippen LogP contribution is -2.06. The van der Waals surface area contributed by atoms with Gasteiger partial charge in [-0.1, -0.05) is 0 Å². The smallest absolute Gasteiger partial charge is 0.163 e. The van der Waals surface area contributed by atoms with Crippen LogP contribution >= 0.6 is 0 Å². The van der Waals surface area contributed by atoms with Gasteiger partial charge in [-0.05, 0) is 28.6 Å². The van der Waals surface area contributed by atoms with Gasteiger partial charge in [0.05, 0.1) is 11.4 Å². The van der Waals surface area contributed by atoms with Gasteiger partial charge in [0.25, 0.3) is 0 Å². The fraction of sp³-hybridized carbons (Fsp3) is 0. The minimum atomic E-state index is -0.568. The normalized spacial score (nSPS) is 9.05.